The van der Waals surface area contributed by atoms with Gasteiger partial charge in [0.2, 0.25) is 0 Å². The molecule has 1 atom stereocenters. The number of fused-ring (bicyclic) bond motifs is 1. The summed E-state index contributed by atoms with van der Waals surface area (Å²) < 4.78 is 0. The van der Waals surface area contributed by atoms with Gasteiger partial charge in [0, 0.05) is 30.7 Å². The fraction of sp³-hybridized carbons (Fsp3) is 0.400. The summed E-state index contributed by atoms with van der Waals surface area (Å²) in [4.78, 5) is 7.01. The van der Waals surface area contributed by atoms with Gasteiger partial charge in [0.05, 0.1) is 5.52 Å². The fourth-order valence-corrected chi connectivity index (χ4v) is 2.88. The minimum atomic E-state index is 0.545. The second-order valence-corrected chi connectivity index (χ2v) is 4.99. The van der Waals surface area contributed by atoms with E-state index < -0.39 is 0 Å². The number of para-hydroxylation sites is 1. The number of hydrogen-bond donors (Lipinski definition) is 1. The average Bonchev–Trinajstić information content (AvgIpc) is 2.86. The molecule has 1 aliphatic rings. The average molecular weight is 241 g/mol. The van der Waals surface area contributed by atoms with Crippen LogP contribution in [0, 0.1) is 0 Å². The van der Waals surface area contributed by atoms with Crippen LogP contribution in [0.3, 0.4) is 0 Å². The van der Waals surface area contributed by atoms with Gasteiger partial charge < -0.3 is 5.73 Å². The maximum absolute atomic E-state index is 5.83. The standard InChI is InChI=1S/C15H19N3/c16-10-14-7-3-9-18(14)11-13-5-1-4-12-6-2-8-17-15(12)13/h1-2,4-6,8,14H,3,7,9-11,16H2. The number of nitrogens with two attached hydrogens (primary N) is 1. The molecule has 3 nitrogen and oxygen atoms in total. The predicted octanol–water partition coefficient (Wildman–Crippen LogP) is 2.16. The summed E-state index contributed by atoms with van der Waals surface area (Å²) in [5, 5.41) is 1.22. The second-order valence-electron chi connectivity index (χ2n) is 4.99. The molecule has 1 aromatic carbocycles. The number of aromatic nitrogens is 1. The molecule has 1 unspecified atom stereocenters. The lowest BCUT2D eigenvalue weighted by Gasteiger charge is -2.23. The first-order chi connectivity index (χ1) is 8.88. The van der Waals surface area contributed by atoms with E-state index >= 15 is 0 Å². The van der Waals surface area contributed by atoms with Crippen molar-refractivity contribution in [3.63, 3.8) is 0 Å². The van der Waals surface area contributed by atoms with E-state index in [0.717, 1.165) is 25.2 Å². The molecule has 1 fully saturated rings. The van der Waals surface area contributed by atoms with E-state index in [2.05, 4.69) is 34.1 Å². The summed E-state index contributed by atoms with van der Waals surface area (Å²) in [6, 6.07) is 11.1. The summed E-state index contributed by atoms with van der Waals surface area (Å²) in [6.07, 6.45) is 4.37. The van der Waals surface area contributed by atoms with Crippen LogP contribution in [0.15, 0.2) is 36.5 Å². The molecule has 2 N–H and O–H groups in total. The van der Waals surface area contributed by atoms with Crippen molar-refractivity contribution in [2.75, 3.05) is 13.1 Å². The Morgan fingerprint density at radius 3 is 3.06 bits per heavy atom. The van der Waals surface area contributed by atoms with Crippen molar-refractivity contribution in [3.05, 3.63) is 42.1 Å². The minimum absolute atomic E-state index is 0.545. The third-order valence-corrected chi connectivity index (χ3v) is 3.86. The van der Waals surface area contributed by atoms with Crippen molar-refractivity contribution >= 4 is 10.9 Å². The van der Waals surface area contributed by atoms with Gasteiger partial charge >= 0.3 is 0 Å². The summed E-state index contributed by atoms with van der Waals surface area (Å²) in [7, 11) is 0. The van der Waals surface area contributed by atoms with E-state index in [1.54, 1.807) is 0 Å². The quantitative estimate of drug-likeness (QED) is 0.895. The van der Waals surface area contributed by atoms with Gasteiger partial charge in [-0.05, 0) is 31.0 Å². The summed E-state index contributed by atoms with van der Waals surface area (Å²) >= 11 is 0. The van der Waals surface area contributed by atoms with Crippen molar-refractivity contribution in [2.45, 2.75) is 25.4 Å². The lowest BCUT2D eigenvalue weighted by atomic mass is 10.1. The zero-order valence-corrected chi connectivity index (χ0v) is 10.5. The lowest BCUT2D eigenvalue weighted by Crippen LogP contribution is -2.34. The lowest BCUT2D eigenvalue weighted by molar-refractivity contribution is 0.251. The molecule has 3 rings (SSSR count). The molecule has 0 aliphatic carbocycles. The molecule has 0 radical (unpaired) electrons. The smallest absolute Gasteiger partial charge is 0.0746 e. The zero-order valence-electron chi connectivity index (χ0n) is 10.5. The van der Waals surface area contributed by atoms with Crippen molar-refractivity contribution in [3.8, 4) is 0 Å². The number of nitrogens with zero attached hydrogens (tertiary/aromatic N) is 2. The van der Waals surface area contributed by atoms with Crippen LogP contribution in [0.2, 0.25) is 0 Å². The first kappa shape index (κ1) is 11.6. The molecule has 0 bridgehead atoms. The third-order valence-electron chi connectivity index (χ3n) is 3.86. The Bertz CT molecular complexity index is 533. The summed E-state index contributed by atoms with van der Waals surface area (Å²) in [5.74, 6) is 0. The van der Waals surface area contributed by atoms with Crippen molar-refractivity contribution in [2.24, 2.45) is 5.73 Å². The maximum atomic E-state index is 5.83. The number of benzene rings is 1. The van der Waals surface area contributed by atoms with Crippen LogP contribution in [-0.4, -0.2) is 29.0 Å². The Morgan fingerprint density at radius 2 is 2.17 bits per heavy atom. The van der Waals surface area contributed by atoms with Crippen LogP contribution in [0.5, 0.6) is 0 Å². The number of pyridine rings is 1. The number of likely N-dealkylation sites (tertiary alicyclic amines) is 1. The highest BCUT2D eigenvalue weighted by Gasteiger charge is 2.23. The Morgan fingerprint density at radius 1 is 1.28 bits per heavy atom. The number of hydrogen-bond acceptors (Lipinski definition) is 3. The predicted molar refractivity (Wildman–Crippen MR) is 74.2 cm³/mol. The molecular weight excluding hydrogens is 222 g/mol. The molecule has 0 spiro atoms. The van der Waals surface area contributed by atoms with Crippen LogP contribution in [0.1, 0.15) is 18.4 Å². The van der Waals surface area contributed by atoms with Crippen molar-refractivity contribution in [1.29, 1.82) is 0 Å². The normalized spacial score (nSPS) is 20.6. The van der Waals surface area contributed by atoms with E-state index in [4.69, 9.17) is 5.73 Å². The minimum Gasteiger partial charge on any atom is -0.329 e. The molecule has 1 aliphatic heterocycles. The van der Waals surface area contributed by atoms with E-state index in [9.17, 15) is 0 Å². The molecule has 2 aromatic rings. The molecular formula is C15H19N3. The van der Waals surface area contributed by atoms with Crippen molar-refractivity contribution < 1.29 is 0 Å². The van der Waals surface area contributed by atoms with E-state index in [-0.39, 0.29) is 0 Å². The van der Waals surface area contributed by atoms with E-state index in [1.165, 1.54) is 23.8 Å². The maximum Gasteiger partial charge on any atom is 0.0746 e. The van der Waals surface area contributed by atoms with Gasteiger partial charge in [-0.25, -0.2) is 0 Å². The van der Waals surface area contributed by atoms with Crippen molar-refractivity contribution in [1.82, 2.24) is 9.88 Å². The van der Waals surface area contributed by atoms with Crippen LogP contribution in [-0.2, 0) is 6.54 Å². The Labute approximate surface area is 108 Å². The number of rotatable bonds is 3. The second kappa shape index (κ2) is 5.04. The molecule has 94 valence electrons. The summed E-state index contributed by atoms with van der Waals surface area (Å²) in [5.41, 5.74) is 8.27. The first-order valence-corrected chi connectivity index (χ1v) is 6.65. The van der Waals surface area contributed by atoms with Gasteiger partial charge in [0.25, 0.3) is 0 Å². The van der Waals surface area contributed by atoms with Gasteiger partial charge in [-0.2, -0.15) is 0 Å². The fourth-order valence-electron chi connectivity index (χ4n) is 2.88. The molecule has 0 amide bonds. The van der Waals surface area contributed by atoms with Crippen LogP contribution in [0.25, 0.3) is 10.9 Å². The highest BCUT2D eigenvalue weighted by atomic mass is 15.2. The molecule has 0 saturated carbocycles. The third kappa shape index (κ3) is 2.11. The SMILES string of the molecule is NCC1CCCN1Cc1cccc2cccnc12. The zero-order chi connectivity index (χ0) is 12.4. The topological polar surface area (TPSA) is 42.1 Å². The van der Waals surface area contributed by atoms with Crippen LogP contribution in [0.4, 0.5) is 0 Å². The molecule has 2 heterocycles. The first-order valence-electron chi connectivity index (χ1n) is 6.65. The van der Waals surface area contributed by atoms with E-state index in [1.807, 2.05) is 12.3 Å². The van der Waals surface area contributed by atoms with Gasteiger partial charge in [-0.3, -0.25) is 9.88 Å². The van der Waals surface area contributed by atoms with Gasteiger partial charge in [0.1, 0.15) is 0 Å². The van der Waals surface area contributed by atoms with Crippen LogP contribution >= 0.6 is 0 Å². The van der Waals surface area contributed by atoms with Gasteiger partial charge in [-0.15, -0.1) is 0 Å². The Kier molecular flexibility index (Phi) is 3.26. The highest BCUT2D eigenvalue weighted by Crippen LogP contribution is 2.22. The van der Waals surface area contributed by atoms with Gasteiger partial charge in [-0.1, -0.05) is 24.3 Å². The molecule has 3 heteroatoms. The monoisotopic (exact) mass is 241 g/mol. The van der Waals surface area contributed by atoms with Crippen LogP contribution < -0.4 is 5.73 Å². The highest BCUT2D eigenvalue weighted by molar-refractivity contribution is 5.81. The van der Waals surface area contributed by atoms with Gasteiger partial charge in [0.15, 0.2) is 0 Å². The molecule has 1 aromatic heterocycles. The molecule has 18 heavy (non-hydrogen) atoms. The largest absolute Gasteiger partial charge is 0.329 e. The molecule has 1 saturated heterocycles. The Hall–Kier alpha value is -1.45. The Balaban J connectivity index is 1.90. The summed E-state index contributed by atoms with van der Waals surface area (Å²) in [6.45, 7) is 2.89. The van der Waals surface area contributed by atoms with E-state index in [0.29, 0.717) is 6.04 Å².